The van der Waals surface area contributed by atoms with Crippen molar-refractivity contribution in [3.05, 3.63) is 54.4 Å². The fraction of sp³-hybridized carbons (Fsp3) is 0.542. The van der Waals surface area contributed by atoms with E-state index in [0.29, 0.717) is 30.3 Å². The minimum atomic E-state index is -3.46. The number of piperidine rings is 1. The van der Waals surface area contributed by atoms with Gasteiger partial charge in [0.1, 0.15) is 5.75 Å². The van der Waals surface area contributed by atoms with Crippen LogP contribution in [0.4, 0.5) is 0 Å². The van der Waals surface area contributed by atoms with Crippen molar-refractivity contribution >= 4 is 10.0 Å². The molecule has 1 aromatic heterocycles. The van der Waals surface area contributed by atoms with Gasteiger partial charge in [-0.3, -0.25) is 9.88 Å². The summed E-state index contributed by atoms with van der Waals surface area (Å²) in [4.78, 5) is 6.90. The number of pyridine rings is 1. The zero-order chi connectivity index (χ0) is 22.8. The molecular weight excluding hydrogens is 426 g/mol. The van der Waals surface area contributed by atoms with Crippen LogP contribution in [0.5, 0.6) is 5.75 Å². The molecule has 0 amide bonds. The zero-order valence-electron chi connectivity index (χ0n) is 19.2. The van der Waals surface area contributed by atoms with Crippen LogP contribution < -0.4 is 4.74 Å². The highest BCUT2D eigenvalue weighted by atomic mass is 32.2. The Bertz CT molecular complexity index is 993. The van der Waals surface area contributed by atoms with E-state index in [2.05, 4.69) is 23.7 Å². The largest absolute Gasteiger partial charge is 0.497 e. The second-order valence-electron chi connectivity index (χ2n) is 9.63. The van der Waals surface area contributed by atoms with E-state index < -0.39 is 10.0 Å². The topological polar surface area (TPSA) is 72.0 Å². The van der Waals surface area contributed by atoms with Gasteiger partial charge in [-0.2, -0.15) is 4.31 Å². The van der Waals surface area contributed by atoms with Gasteiger partial charge < -0.3 is 9.47 Å². The van der Waals surface area contributed by atoms with Crippen molar-refractivity contribution in [2.45, 2.75) is 43.8 Å². The Morgan fingerprint density at radius 2 is 1.78 bits per heavy atom. The molecule has 8 heteroatoms. The highest BCUT2D eigenvalue weighted by Gasteiger charge is 2.47. The van der Waals surface area contributed by atoms with E-state index in [-0.39, 0.29) is 11.0 Å². The van der Waals surface area contributed by atoms with Gasteiger partial charge >= 0.3 is 0 Å². The average Bonchev–Trinajstić information content (AvgIpc) is 2.78. The Kier molecular flexibility index (Phi) is 6.58. The lowest BCUT2D eigenvalue weighted by atomic mass is 9.72. The molecule has 0 radical (unpaired) electrons. The number of benzene rings is 1. The lowest BCUT2D eigenvalue weighted by molar-refractivity contribution is -0.103. The predicted molar refractivity (Wildman–Crippen MR) is 123 cm³/mol. The second kappa shape index (κ2) is 9.09. The SMILES string of the molecule is COc1ccc(S(=O)(=O)N2CCC3(CC2)CN(CC(C)(C)OCc2cccnc2)C3)cc1. The maximum atomic E-state index is 13.0. The first-order valence-corrected chi connectivity index (χ1v) is 12.5. The Morgan fingerprint density at radius 3 is 2.38 bits per heavy atom. The molecule has 1 spiro atoms. The third kappa shape index (κ3) is 5.14. The van der Waals surface area contributed by atoms with Gasteiger partial charge in [0.2, 0.25) is 10.0 Å². The molecule has 7 nitrogen and oxygen atoms in total. The molecule has 3 heterocycles. The number of sulfonamides is 1. The molecule has 0 bridgehead atoms. The molecule has 2 saturated heterocycles. The van der Waals surface area contributed by atoms with Crippen molar-refractivity contribution < 1.29 is 17.9 Å². The van der Waals surface area contributed by atoms with Crippen molar-refractivity contribution in [1.82, 2.24) is 14.2 Å². The molecule has 2 fully saturated rings. The van der Waals surface area contributed by atoms with Crippen LogP contribution in [0.2, 0.25) is 0 Å². The lowest BCUT2D eigenvalue weighted by Crippen LogP contribution is -2.62. The Morgan fingerprint density at radius 1 is 1.09 bits per heavy atom. The number of nitrogens with zero attached hydrogens (tertiary/aromatic N) is 3. The van der Waals surface area contributed by atoms with Gasteiger partial charge in [0.25, 0.3) is 0 Å². The molecule has 174 valence electrons. The summed E-state index contributed by atoms with van der Waals surface area (Å²) in [6, 6.07) is 10.6. The van der Waals surface area contributed by atoms with Crippen molar-refractivity contribution in [1.29, 1.82) is 0 Å². The van der Waals surface area contributed by atoms with Crippen LogP contribution in [0.3, 0.4) is 0 Å². The number of hydrogen-bond donors (Lipinski definition) is 0. The number of hydrogen-bond acceptors (Lipinski definition) is 6. The van der Waals surface area contributed by atoms with Crippen LogP contribution in [0.1, 0.15) is 32.3 Å². The average molecular weight is 460 g/mol. The van der Waals surface area contributed by atoms with E-state index >= 15 is 0 Å². The van der Waals surface area contributed by atoms with Gasteiger partial charge in [0.15, 0.2) is 0 Å². The third-order valence-corrected chi connectivity index (χ3v) is 8.47. The first-order valence-electron chi connectivity index (χ1n) is 11.1. The molecular formula is C24H33N3O4S. The zero-order valence-corrected chi connectivity index (χ0v) is 20.0. The Balaban J connectivity index is 1.26. The molecule has 0 unspecified atom stereocenters. The van der Waals surface area contributed by atoms with Crippen molar-refractivity contribution in [3.63, 3.8) is 0 Å². The van der Waals surface area contributed by atoms with Crippen LogP contribution in [0.15, 0.2) is 53.7 Å². The molecule has 0 saturated carbocycles. The van der Waals surface area contributed by atoms with E-state index in [0.717, 1.165) is 38.0 Å². The summed E-state index contributed by atoms with van der Waals surface area (Å²) in [5.74, 6) is 0.656. The van der Waals surface area contributed by atoms with Gasteiger partial charge in [-0.05, 0) is 68.0 Å². The summed E-state index contributed by atoms with van der Waals surface area (Å²) in [6.45, 7) is 8.82. The number of ether oxygens (including phenoxy) is 2. The minimum Gasteiger partial charge on any atom is -0.497 e. The quantitative estimate of drug-likeness (QED) is 0.604. The number of likely N-dealkylation sites (tertiary alicyclic amines) is 1. The molecule has 0 aliphatic carbocycles. The van der Waals surface area contributed by atoms with E-state index in [1.54, 1.807) is 41.9 Å². The number of methoxy groups -OCH3 is 1. The lowest BCUT2D eigenvalue weighted by Gasteiger charge is -2.55. The van der Waals surface area contributed by atoms with E-state index in [1.165, 1.54) is 0 Å². The van der Waals surface area contributed by atoms with Gasteiger partial charge in [0, 0.05) is 45.1 Å². The predicted octanol–water partition coefficient (Wildman–Crippen LogP) is 3.17. The summed E-state index contributed by atoms with van der Waals surface area (Å²) in [6.07, 6.45) is 5.40. The van der Waals surface area contributed by atoms with Crippen LogP contribution in [-0.2, 0) is 21.4 Å². The molecule has 4 rings (SSSR count). The molecule has 32 heavy (non-hydrogen) atoms. The first kappa shape index (κ1) is 23.2. The molecule has 0 N–H and O–H groups in total. The highest BCUT2D eigenvalue weighted by Crippen LogP contribution is 2.42. The van der Waals surface area contributed by atoms with Crippen molar-refractivity contribution in [2.75, 3.05) is 39.8 Å². The molecule has 1 aromatic carbocycles. The highest BCUT2D eigenvalue weighted by molar-refractivity contribution is 7.89. The summed E-state index contributed by atoms with van der Waals surface area (Å²) in [7, 11) is -1.89. The summed E-state index contributed by atoms with van der Waals surface area (Å²) in [5.41, 5.74) is 1.05. The van der Waals surface area contributed by atoms with Crippen LogP contribution in [0, 0.1) is 5.41 Å². The van der Waals surface area contributed by atoms with Crippen LogP contribution in [-0.4, -0.2) is 68.0 Å². The third-order valence-electron chi connectivity index (χ3n) is 6.56. The van der Waals surface area contributed by atoms with Gasteiger partial charge in [-0.25, -0.2) is 8.42 Å². The summed E-state index contributed by atoms with van der Waals surface area (Å²) in [5, 5.41) is 0. The smallest absolute Gasteiger partial charge is 0.243 e. The minimum absolute atomic E-state index is 0.228. The Hall–Kier alpha value is -2.00. The second-order valence-corrected chi connectivity index (χ2v) is 11.6. The van der Waals surface area contributed by atoms with Crippen molar-refractivity contribution in [3.8, 4) is 5.75 Å². The normalized spacial score (nSPS) is 19.6. The maximum Gasteiger partial charge on any atom is 0.243 e. The molecule has 0 atom stereocenters. The summed E-state index contributed by atoms with van der Waals surface area (Å²) >= 11 is 0. The van der Waals surface area contributed by atoms with Gasteiger partial charge in [-0.1, -0.05) is 6.07 Å². The van der Waals surface area contributed by atoms with E-state index in [4.69, 9.17) is 9.47 Å². The molecule has 2 aliphatic heterocycles. The summed E-state index contributed by atoms with van der Waals surface area (Å²) < 4.78 is 38.9. The Labute approximate surface area is 191 Å². The maximum absolute atomic E-state index is 13.0. The monoisotopic (exact) mass is 459 g/mol. The van der Waals surface area contributed by atoms with Gasteiger partial charge in [0.05, 0.1) is 24.2 Å². The van der Waals surface area contributed by atoms with E-state index in [1.807, 2.05) is 18.3 Å². The standard InChI is InChI=1S/C24H33N3O4S/c1-23(2,31-16-20-5-4-12-25-15-20)17-26-18-24(19-26)10-13-27(14-11-24)32(28,29)22-8-6-21(30-3)7-9-22/h4-9,12,15H,10-11,13-14,16-19H2,1-3H3. The fourth-order valence-electron chi connectivity index (χ4n) is 4.77. The van der Waals surface area contributed by atoms with Gasteiger partial charge in [-0.15, -0.1) is 0 Å². The van der Waals surface area contributed by atoms with Crippen LogP contribution >= 0.6 is 0 Å². The first-order chi connectivity index (χ1) is 15.2. The van der Waals surface area contributed by atoms with Crippen LogP contribution in [0.25, 0.3) is 0 Å². The fourth-order valence-corrected chi connectivity index (χ4v) is 6.22. The molecule has 2 aromatic rings. The number of rotatable bonds is 8. The number of aromatic nitrogens is 1. The van der Waals surface area contributed by atoms with Crippen molar-refractivity contribution in [2.24, 2.45) is 5.41 Å². The van der Waals surface area contributed by atoms with E-state index in [9.17, 15) is 8.42 Å². The molecule has 2 aliphatic rings.